The third-order valence-corrected chi connectivity index (χ3v) is 5.13. The zero-order valence-electron chi connectivity index (χ0n) is 11.1. The first-order valence-corrected chi connectivity index (χ1v) is 8.36. The number of nitrogens with zero attached hydrogens (tertiary/aromatic N) is 1. The molecule has 0 aliphatic carbocycles. The van der Waals surface area contributed by atoms with Crippen molar-refractivity contribution in [1.29, 1.82) is 0 Å². The van der Waals surface area contributed by atoms with Crippen LogP contribution in [0.15, 0.2) is 29.2 Å². The van der Waals surface area contributed by atoms with E-state index in [1.807, 2.05) is 6.07 Å². The highest BCUT2D eigenvalue weighted by molar-refractivity contribution is 7.99. The fourth-order valence-corrected chi connectivity index (χ4v) is 2.99. The summed E-state index contributed by atoms with van der Waals surface area (Å²) < 4.78 is 25.5. The van der Waals surface area contributed by atoms with Crippen LogP contribution in [0.5, 0.6) is 0 Å². The van der Waals surface area contributed by atoms with Crippen molar-refractivity contribution in [3.8, 4) is 12.3 Å². The van der Waals surface area contributed by atoms with Crippen LogP contribution in [-0.4, -0.2) is 44.9 Å². The summed E-state index contributed by atoms with van der Waals surface area (Å²) in [5.74, 6) is 4.05. The van der Waals surface area contributed by atoms with Crippen LogP contribution < -0.4 is 5.32 Å². The molecule has 0 unspecified atom stereocenters. The minimum Gasteiger partial charge on any atom is -0.383 e. The van der Waals surface area contributed by atoms with Gasteiger partial charge in [-0.3, -0.25) is 0 Å². The molecule has 1 N–H and O–H groups in total. The first-order valence-electron chi connectivity index (χ1n) is 5.76. The summed E-state index contributed by atoms with van der Waals surface area (Å²) in [5.41, 5.74) is 0.623. The Balaban J connectivity index is 2.78. The maximum atomic E-state index is 12.1. The quantitative estimate of drug-likeness (QED) is 0.615. The van der Waals surface area contributed by atoms with Crippen LogP contribution in [0.1, 0.15) is 0 Å². The topological polar surface area (TPSA) is 49.4 Å². The molecule has 0 aliphatic heterocycles. The van der Waals surface area contributed by atoms with Crippen LogP contribution in [0.4, 0.5) is 5.69 Å². The van der Waals surface area contributed by atoms with Crippen molar-refractivity contribution < 1.29 is 8.42 Å². The monoisotopic (exact) mass is 298 g/mol. The lowest BCUT2D eigenvalue weighted by Crippen LogP contribution is -2.23. The van der Waals surface area contributed by atoms with Gasteiger partial charge in [0, 0.05) is 26.4 Å². The fourth-order valence-electron chi connectivity index (χ4n) is 1.42. The molecule has 0 heterocycles. The molecule has 0 bridgehead atoms. The molecule has 0 amide bonds. The number of thioether (sulfide) groups is 1. The van der Waals surface area contributed by atoms with Gasteiger partial charge in [0.2, 0.25) is 10.0 Å². The maximum Gasteiger partial charge on any atom is 0.244 e. The SMILES string of the molecule is C#CCSCCNc1ccccc1S(=O)(=O)N(C)C. The Bertz CT molecular complexity index is 548. The lowest BCUT2D eigenvalue weighted by atomic mass is 10.3. The molecule has 0 atom stereocenters. The molecular formula is C13H18N2O2S2. The number of hydrogen-bond donors (Lipinski definition) is 1. The molecule has 0 aliphatic rings. The van der Waals surface area contributed by atoms with E-state index in [1.165, 1.54) is 18.4 Å². The Labute approximate surface area is 119 Å². The maximum absolute atomic E-state index is 12.1. The van der Waals surface area contributed by atoms with E-state index in [2.05, 4.69) is 11.2 Å². The van der Waals surface area contributed by atoms with Crippen molar-refractivity contribution in [2.45, 2.75) is 4.90 Å². The molecule has 1 aromatic rings. The van der Waals surface area contributed by atoms with E-state index < -0.39 is 10.0 Å². The molecule has 1 aromatic carbocycles. The van der Waals surface area contributed by atoms with Crippen molar-refractivity contribution in [3.63, 3.8) is 0 Å². The minimum absolute atomic E-state index is 0.293. The molecule has 104 valence electrons. The molecule has 4 nitrogen and oxygen atoms in total. The lowest BCUT2D eigenvalue weighted by Gasteiger charge is -2.16. The number of para-hydroxylation sites is 1. The molecule has 1 rings (SSSR count). The predicted octanol–water partition coefficient (Wildman–Crippen LogP) is 1.72. The Morgan fingerprint density at radius 1 is 1.37 bits per heavy atom. The third-order valence-electron chi connectivity index (χ3n) is 2.39. The largest absolute Gasteiger partial charge is 0.383 e. The van der Waals surface area contributed by atoms with Gasteiger partial charge in [-0.25, -0.2) is 12.7 Å². The molecule has 0 radical (unpaired) electrons. The van der Waals surface area contributed by atoms with E-state index >= 15 is 0 Å². The van der Waals surface area contributed by atoms with Crippen molar-refractivity contribution in [1.82, 2.24) is 4.31 Å². The second kappa shape index (κ2) is 7.43. The summed E-state index contributed by atoms with van der Waals surface area (Å²) in [4.78, 5) is 0.293. The minimum atomic E-state index is -3.42. The van der Waals surface area contributed by atoms with Gasteiger partial charge in [0.1, 0.15) is 4.90 Å². The molecule has 0 saturated carbocycles. The highest BCUT2D eigenvalue weighted by Crippen LogP contribution is 2.22. The molecule has 0 fully saturated rings. The van der Waals surface area contributed by atoms with Gasteiger partial charge in [0.25, 0.3) is 0 Å². The van der Waals surface area contributed by atoms with Gasteiger partial charge < -0.3 is 5.32 Å². The van der Waals surface area contributed by atoms with Crippen LogP contribution in [0.25, 0.3) is 0 Å². The third kappa shape index (κ3) is 4.46. The molecule has 19 heavy (non-hydrogen) atoms. The number of anilines is 1. The van der Waals surface area contributed by atoms with Crippen LogP contribution in [0, 0.1) is 12.3 Å². The number of nitrogens with one attached hydrogen (secondary N) is 1. The van der Waals surface area contributed by atoms with Crippen molar-refractivity contribution in [2.24, 2.45) is 0 Å². The lowest BCUT2D eigenvalue weighted by molar-refractivity contribution is 0.521. The fraction of sp³-hybridized carbons (Fsp3) is 0.385. The molecule has 0 aromatic heterocycles. The van der Waals surface area contributed by atoms with Gasteiger partial charge in [-0.15, -0.1) is 18.2 Å². The first-order chi connectivity index (χ1) is 9.00. The average Bonchev–Trinajstić information content (AvgIpc) is 2.38. The Kier molecular flexibility index (Phi) is 6.22. The van der Waals surface area contributed by atoms with Gasteiger partial charge in [-0.1, -0.05) is 18.1 Å². The molecule has 6 heteroatoms. The van der Waals surface area contributed by atoms with Crippen molar-refractivity contribution >= 4 is 27.5 Å². The number of hydrogen-bond acceptors (Lipinski definition) is 4. The summed E-state index contributed by atoms with van der Waals surface area (Å²) in [6, 6.07) is 6.90. The van der Waals surface area contributed by atoms with Crippen molar-refractivity contribution in [2.75, 3.05) is 37.5 Å². The number of sulfonamides is 1. The van der Waals surface area contributed by atoms with Crippen LogP contribution in [0.2, 0.25) is 0 Å². The standard InChI is InChI=1S/C13H18N2O2S2/c1-4-10-18-11-9-14-12-7-5-6-8-13(12)19(16,17)15(2)3/h1,5-8,14H,9-11H2,2-3H3. The van der Waals surface area contributed by atoms with Gasteiger partial charge in [0.05, 0.1) is 11.4 Å². The summed E-state index contributed by atoms with van der Waals surface area (Å²) in [7, 11) is -0.378. The Morgan fingerprint density at radius 2 is 2.05 bits per heavy atom. The number of terminal acetylenes is 1. The van der Waals surface area contributed by atoms with Gasteiger partial charge in [0.15, 0.2) is 0 Å². The van der Waals surface area contributed by atoms with Gasteiger partial charge >= 0.3 is 0 Å². The molecular weight excluding hydrogens is 280 g/mol. The van der Waals surface area contributed by atoms with E-state index in [9.17, 15) is 8.42 Å². The van der Waals surface area contributed by atoms with Gasteiger partial charge in [-0.05, 0) is 12.1 Å². The van der Waals surface area contributed by atoms with Crippen LogP contribution >= 0.6 is 11.8 Å². The van der Waals surface area contributed by atoms with Crippen LogP contribution in [-0.2, 0) is 10.0 Å². The zero-order chi connectivity index (χ0) is 14.3. The summed E-state index contributed by atoms with van der Waals surface area (Å²) >= 11 is 1.63. The smallest absolute Gasteiger partial charge is 0.244 e. The summed E-state index contributed by atoms with van der Waals surface area (Å²) in [5, 5.41) is 3.14. The van der Waals surface area contributed by atoms with E-state index in [0.717, 1.165) is 5.75 Å². The van der Waals surface area contributed by atoms with Crippen LogP contribution in [0.3, 0.4) is 0 Å². The van der Waals surface area contributed by atoms with E-state index in [4.69, 9.17) is 6.42 Å². The van der Waals surface area contributed by atoms with Gasteiger partial charge in [-0.2, -0.15) is 0 Å². The Hall–Kier alpha value is -1.16. The highest BCUT2D eigenvalue weighted by Gasteiger charge is 2.20. The summed E-state index contributed by atoms with van der Waals surface area (Å²) in [6.45, 7) is 0.673. The Morgan fingerprint density at radius 3 is 2.68 bits per heavy atom. The van der Waals surface area contributed by atoms with E-state index in [0.29, 0.717) is 22.9 Å². The summed E-state index contributed by atoms with van der Waals surface area (Å²) in [6.07, 6.45) is 5.16. The predicted molar refractivity (Wildman–Crippen MR) is 82.0 cm³/mol. The normalized spacial score (nSPS) is 11.3. The first kappa shape index (κ1) is 15.9. The zero-order valence-corrected chi connectivity index (χ0v) is 12.7. The van der Waals surface area contributed by atoms with E-state index in [-0.39, 0.29) is 0 Å². The van der Waals surface area contributed by atoms with E-state index in [1.54, 1.807) is 30.0 Å². The molecule has 0 spiro atoms. The number of benzene rings is 1. The molecule has 0 saturated heterocycles. The second-order valence-corrected chi connectivity index (χ2v) is 7.19. The highest BCUT2D eigenvalue weighted by atomic mass is 32.2. The number of rotatable bonds is 7. The van der Waals surface area contributed by atoms with Crippen molar-refractivity contribution in [3.05, 3.63) is 24.3 Å². The average molecular weight is 298 g/mol. The second-order valence-electron chi connectivity index (χ2n) is 3.97.